The zero-order valence-corrected chi connectivity index (χ0v) is 14.4. The highest BCUT2D eigenvalue weighted by Gasteiger charge is 2.14. The lowest BCUT2D eigenvalue weighted by atomic mass is 10.2. The summed E-state index contributed by atoms with van der Waals surface area (Å²) in [5, 5.41) is 5.11. The number of nitrogens with zero attached hydrogens (tertiary/aromatic N) is 4. The van der Waals surface area contributed by atoms with Gasteiger partial charge in [-0.1, -0.05) is 65.4 Å². The molecule has 122 valence electrons. The van der Waals surface area contributed by atoms with Crippen LogP contribution < -0.4 is 5.56 Å². The van der Waals surface area contributed by atoms with Crippen LogP contribution in [0.4, 0.5) is 0 Å². The molecular weight excluding hydrogens is 356 g/mol. The molecule has 0 spiro atoms. The van der Waals surface area contributed by atoms with Crippen LogP contribution in [0, 0.1) is 0 Å². The Balaban J connectivity index is 1.81. The average Bonchev–Trinajstić information content (AvgIpc) is 3.09. The predicted molar refractivity (Wildman–Crippen MR) is 101 cm³/mol. The van der Waals surface area contributed by atoms with Crippen molar-refractivity contribution in [2.45, 2.75) is 0 Å². The fourth-order valence-corrected chi connectivity index (χ4v) is 3.39. The van der Waals surface area contributed by atoms with Crippen LogP contribution in [0.3, 0.4) is 0 Å². The second-order valence-electron chi connectivity index (χ2n) is 5.20. The Labute approximate surface area is 151 Å². The van der Waals surface area contributed by atoms with Gasteiger partial charge >= 0.3 is 0 Å². The SMILES string of the molecule is O=c1c(Cl)c(/C=C/c2cccnc2)nc2sc(-c3ccccc3)nn12. The van der Waals surface area contributed by atoms with Gasteiger partial charge in [0.15, 0.2) is 0 Å². The van der Waals surface area contributed by atoms with Crippen molar-refractivity contribution in [3.05, 3.63) is 81.5 Å². The van der Waals surface area contributed by atoms with Gasteiger partial charge in [-0.05, 0) is 17.7 Å². The van der Waals surface area contributed by atoms with Crippen LogP contribution >= 0.6 is 22.9 Å². The van der Waals surface area contributed by atoms with Crippen molar-refractivity contribution in [3.63, 3.8) is 0 Å². The van der Waals surface area contributed by atoms with Gasteiger partial charge in [-0.15, -0.1) is 0 Å². The lowest BCUT2D eigenvalue weighted by Crippen LogP contribution is -2.16. The molecule has 0 N–H and O–H groups in total. The molecule has 0 aliphatic carbocycles. The molecule has 4 aromatic rings. The Morgan fingerprint density at radius 1 is 1.08 bits per heavy atom. The highest BCUT2D eigenvalue weighted by atomic mass is 35.5. The number of rotatable bonds is 3. The van der Waals surface area contributed by atoms with Crippen molar-refractivity contribution in [1.29, 1.82) is 0 Å². The van der Waals surface area contributed by atoms with Crippen LogP contribution in [0.25, 0.3) is 27.7 Å². The van der Waals surface area contributed by atoms with Crippen LogP contribution in [0.1, 0.15) is 11.3 Å². The minimum Gasteiger partial charge on any atom is -0.266 e. The maximum absolute atomic E-state index is 12.5. The molecule has 0 aliphatic heterocycles. The maximum atomic E-state index is 12.5. The summed E-state index contributed by atoms with van der Waals surface area (Å²) in [7, 11) is 0. The monoisotopic (exact) mass is 366 g/mol. The van der Waals surface area contributed by atoms with E-state index in [1.807, 2.05) is 48.5 Å². The molecule has 0 saturated heterocycles. The highest BCUT2D eigenvalue weighted by Crippen LogP contribution is 2.25. The van der Waals surface area contributed by atoms with E-state index in [1.54, 1.807) is 18.5 Å². The average molecular weight is 367 g/mol. The molecule has 0 bridgehead atoms. The minimum absolute atomic E-state index is 0.0440. The van der Waals surface area contributed by atoms with E-state index in [9.17, 15) is 4.79 Å². The fourth-order valence-electron chi connectivity index (χ4n) is 2.30. The predicted octanol–water partition coefficient (Wildman–Crippen LogP) is 4.04. The van der Waals surface area contributed by atoms with Crippen LogP contribution in [-0.4, -0.2) is 19.6 Å². The molecule has 0 amide bonds. The zero-order valence-electron chi connectivity index (χ0n) is 12.8. The number of aromatic nitrogens is 4. The van der Waals surface area contributed by atoms with Crippen molar-refractivity contribution in [2.75, 3.05) is 0 Å². The Bertz CT molecular complexity index is 1120. The number of halogens is 1. The molecule has 0 atom stereocenters. The summed E-state index contributed by atoms with van der Waals surface area (Å²) < 4.78 is 1.25. The van der Waals surface area contributed by atoms with E-state index in [-0.39, 0.29) is 10.6 Å². The van der Waals surface area contributed by atoms with Gasteiger partial charge in [-0.2, -0.15) is 9.61 Å². The first-order chi connectivity index (χ1) is 12.2. The van der Waals surface area contributed by atoms with Gasteiger partial charge in [0.25, 0.3) is 5.56 Å². The van der Waals surface area contributed by atoms with E-state index < -0.39 is 0 Å². The molecule has 0 unspecified atom stereocenters. The molecule has 4 rings (SSSR count). The second kappa shape index (κ2) is 6.58. The summed E-state index contributed by atoms with van der Waals surface area (Å²) in [6.07, 6.45) is 6.94. The fraction of sp³-hybridized carbons (Fsp3) is 0. The number of fused-ring (bicyclic) bond motifs is 1. The van der Waals surface area contributed by atoms with Gasteiger partial charge in [-0.3, -0.25) is 9.78 Å². The second-order valence-corrected chi connectivity index (χ2v) is 6.54. The molecule has 3 heterocycles. The van der Waals surface area contributed by atoms with Crippen molar-refractivity contribution < 1.29 is 0 Å². The third kappa shape index (κ3) is 3.09. The first-order valence-corrected chi connectivity index (χ1v) is 8.65. The third-order valence-electron chi connectivity index (χ3n) is 3.52. The van der Waals surface area contributed by atoms with Gasteiger partial charge in [0.2, 0.25) is 4.96 Å². The van der Waals surface area contributed by atoms with Gasteiger partial charge in [0.1, 0.15) is 10.0 Å². The molecule has 0 radical (unpaired) electrons. The summed E-state index contributed by atoms with van der Waals surface area (Å²) in [6.45, 7) is 0. The standard InChI is InChI=1S/C18H11ClN4OS/c19-15-14(9-8-12-5-4-10-20-11-12)21-18-23(17(15)24)22-16(25-18)13-6-2-1-3-7-13/h1-11H/b9-8+. The molecule has 0 fully saturated rings. The molecule has 7 heteroatoms. The van der Waals surface area contributed by atoms with Gasteiger partial charge < -0.3 is 0 Å². The number of hydrogen-bond acceptors (Lipinski definition) is 5. The Hall–Kier alpha value is -2.83. The maximum Gasteiger partial charge on any atom is 0.294 e. The largest absolute Gasteiger partial charge is 0.294 e. The van der Waals surface area contributed by atoms with Gasteiger partial charge in [0.05, 0.1) is 5.69 Å². The Kier molecular flexibility index (Phi) is 4.13. The molecule has 1 aromatic carbocycles. The number of hydrogen-bond donors (Lipinski definition) is 0. The molecule has 5 nitrogen and oxygen atoms in total. The van der Waals surface area contributed by atoms with E-state index in [1.165, 1.54) is 15.9 Å². The van der Waals surface area contributed by atoms with E-state index in [0.29, 0.717) is 10.7 Å². The van der Waals surface area contributed by atoms with Gasteiger partial charge in [0, 0.05) is 18.0 Å². The van der Waals surface area contributed by atoms with Crippen LogP contribution in [0.5, 0.6) is 0 Å². The molecule has 3 aromatic heterocycles. The van der Waals surface area contributed by atoms with Crippen molar-refractivity contribution in [1.82, 2.24) is 19.6 Å². The lowest BCUT2D eigenvalue weighted by Gasteiger charge is -1.97. The molecule has 0 aliphatic rings. The quantitative estimate of drug-likeness (QED) is 0.549. The number of pyridine rings is 1. The highest BCUT2D eigenvalue weighted by molar-refractivity contribution is 7.19. The first kappa shape index (κ1) is 15.7. The molecule has 0 saturated carbocycles. The van der Waals surface area contributed by atoms with Crippen molar-refractivity contribution in [3.8, 4) is 10.6 Å². The van der Waals surface area contributed by atoms with Crippen molar-refractivity contribution >= 4 is 40.1 Å². The van der Waals surface area contributed by atoms with E-state index in [4.69, 9.17) is 11.6 Å². The molecule has 25 heavy (non-hydrogen) atoms. The van der Waals surface area contributed by atoms with E-state index >= 15 is 0 Å². The summed E-state index contributed by atoms with van der Waals surface area (Å²) in [6, 6.07) is 13.4. The topological polar surface area (TPSA) is 60.2 Å². The summed E-state index contributed by atoms with van der Waals surface area (Å²) in [4.78, 5) is 21.5. The van der Waals surface area contributed by atoms with E-state index in [2.05, 4.69) is 15.1 Å². The van der Waals surface area contributed by atoms with Crippen LogP contribution in [-0.2, 0) is 0 Å². The minimum atomic E-state index is -0.379. The lowest BCUT2D eigenvalue weighted by molar-refractivity contribution is 0.901. The zero-order chi connectivity index (χ0) is 17.2. The summed E-state index contributed by atoms with van der Waals surface area (Å²) in [5.74, 6) is 0. The normalized spacial score (nSPS) is 11.4. The van der Waals surface area contributed by atoms with E-state index in [0.717, 1.165) is 16.1 Å². The van der Waals surface area contributed by atoms with Gasteiger partial charge in [-0.25, -0.2) is 4.98 Å². The van der Waals surface area contributed by atoms with Crippen molar-refractivity contribution in [2.24, 2.45) is 0 Å². The third-order valence-corrected chi connectivity index (χ3v) is 4.83. The van der Waals surface area contributed by atoms with Crippen LogP contribution in [0.15, 0.2) is 59.7 Å². The first-order valence-electron chi connectivity index (χ1n) is 7.45. The molecular formula is C18H11ClN4OS. The Morgan fingerprint density at radius 3 is 2.68 bits per heavy atom. The smallest absolute Gasteiger partial charge is 0.266 e. The number of benzene rings is 1. The Morgan fingerprint density at radius 2 is 1.92 bits per heavy atom. The van der Waals surface area contributed by atoms with Crippen LogP contribution in [0.2, 0.25) is 5.02 Å². The summed E-state index contributed by atoms with van der Waals surface area (Å²) >= 11 is 7.54. The summed E-state index contributed by atoms with van der Waals surface area (Å²) in [5.41, 5.74) is 1.87.